The van der Waals surface area contributed by atoms with Crippen LogP contribution in [0.2, 0.25) is 5.15 Å². The number of carbonyl (C=O) groups excluding carboxylic acids is 2. The normalized spacial score (nSPS) is 34.4. The Kier molecular flexibility index (Phi) is 8.76. The highest BCUT2D eigenvalue weighted by Crippen LogP contribution is 2.45. The van der Waals surface area contributed by atoms with Gasteiger partial charge < -0.3 is 24.3 Å². The molecule has 220 valence electrons. The number of Topliss-reactive ketones (excluding diaryl/α,β-unsaturated/α-hetero) is 1. The zero-order chi connectivity index (χ0) is 29.6. The molecule has 10 nitrogen and oxygen atoms in total. The first-order valence-electron chi connectivity index (χ1n) is 13.9. The smallest absolute Gasteiger partial charge is 0.309 e. The first-order chi connectivity index (χ1) is 18.6. The lowest BCUT2D eigenvalue weighted by Crippen LogP contribution is -2.45. The number of nitrogens with zero attached hydrogens (tertiary/aromatic N) is 4. The minimum atomic E-state index is -1.29. The molecule has 0 aromatic carbocycles. The number of imidazole rings is 1. The van der Waals surface area contributed by atoms with Crippen molar-refractivity contribution < 1.29 is 29.3 Å². The Morgan fingerprint density at radius 2 is 1.90 bits per heavy atom. The number of aryl methyl sites for hydroxylation is 1. The first kappa shape index (κ1) is 30.6. The predicted molar refractivity (Wildman–Crippen MR) is 150 cm³/mol. The van der Waals surface area contributed by atoms with Gasteiger partial charge in [-0.1, -0.05) is 45.7 Å². The highest BCUT2D eigenvalue weighted by atomic mass is 35.5. The number of hydrogen-bond donors (Lipinski definition) is 2. The number of rotatable bonds is 2. The molecule has 2 saturated heterocycles. The summed E-state index contributed by atoms with van der Waals surface area (Å²) in [6, 6.07) is 0. The molecular weight excluding hydrogens is 536 g/mol. The van der Waals surface area contributed by atoms with E-state index in [0.717, 1.165) is 19.3 Å². The number of fused-ring (bicyclic) bond motifs is 2. The second-order valence-corrected chi connectivity index (χ2v) is 12.7. The fraction of sp³-hybridized carbons (Fsp3) is 0.690. The molecule has 0 spiro atoms. The molecular formula is C29H41ClN4O6. The molecule has 0 bridgehead atoms. The lowest BCUT2D eigenvalue weighted by molar-refractivity contribution is -0.154. The summed E-state index contributed by atoms with van der Waals surface area (Å²) in [6.07, 6.45) is 2.79. The lowest BCUT2D eigenvalue weighted by atomic mass is 9.73. The van der Waals surface area contributed by atoms with E-state index in [1.807, 2.05) is 27.8 Å². The minimum Gasteiger partial charge on any atom is -0.458 e. The SMILES string of the molecule is C/C(=C\c1nc(Cl)c2ncn(C)c2n1)[C@@H]1C[C@@H]2O[C@]2(C)CCC[C@H](C)[C@H](O)[C@@H](C)C(=O)C(C)(C)[C@@H](O)CC(=O)O1. The minimum absolute atomic E-state index is 0.105. The summed E-state index contributed by atoms with van der Waals surface area (Å²) >= 11 is 6.34. The number of aliphatic hydroxyl groups is 2. The summed E-state index contributed by atoms with van der Waals surface area (Å²) in [4.78, 5) is 39.5. The zero-order valence-electron chi connectivity index (χ0n) is 24.3. The third kappa shape index (κ3) is 6.25. The van der Waals surface area contributed by atoms with Gasteiger partial charge in [0.05, 0.1) is 42.1 Å². The van der Waals surface area contributed by atoms with Crippen molar-refractivity contribution in [3.05, 3.63) is 22.9 Å². The number of carbonyl (C=O) groups is 2. The molecule has 0 aliphatic carbocycles. The maximum Gasteiger partial charge on any atom is 0.309 e. The van der Waals surface area contributed by atoms with Gasteiger partial charge in [0.1, 0.15) is 17.4 Å². The Labute approximate surface area is 240 Å². The summed E-state index contributed by atoms with van der Waals surface area (Å²) < 4.78 is 13.7. The van der Waals surface area contributed by atoms with Gasteiger partial charge in [-0.25, -0.2) is 15.0 Å². The number of aromatic nitrogens is 4. The molecule has 4 rings (SSSR count). The second kappa shape index (κ2) is 11.5. The van der Waals surface area contributed by atoms with Gasteiger partial charge in [-0.05, 0) is 44.3 Å². The standard InChI is InChI=1S/C29H41ClN4O6/c1-15-9-8-10-29(6)20(40-29)12-18(16(2)11-21-32-26(30)23-27(33-21)34(7)14-31-23)39-22(36)13-19(35)28(4,5)25(38)17(3)24(15)37/h11,14-15,17-20,24,35,37H,8-10,12-13H2,1-7H3/b16-11+/t15-,17+,18-,19-,20-,24-,29+/m0/s1. The number of esters is 1. The van der Waals surface area contributed by atoms with E-state index in [4.69, 9.17) is 21.1 Å². The summed E-state index contributed by atoms with van der Waals surface area (Å²) in [7, 11) is 1.81. The van der Waals surface area contributed by atoms with Crippen molar-refractivity contribution in [2.75, 3.05) is 0 Å². The summed E-state index contributed by atoms with van der Waals surface area (Å²) in [6.45, 7) is 10.7. The van der Waals surface area contributed by atoms with Crippen molar-refractivity contribution in [2.24, 2.45) is 24.3 Å². The molecule has 11 heteroatoms. The molecule has 0 amide bonds. The van der Waals surface area contributed by atoms with Gasteiger partial charge in [0, 0.05) is 19.4 Å². The second-order valence-electron chi connectivity index (χ2n) is 12.4. The quantitative estimate of drug-likeness (QED) is 0.308. The molecule has 40 heavy (non-hydrogen) atoms. The van der Waals surface area contributed by atoms with Crippen LogP contribution in [0.5, 0.6) is 0 Å². The van der Waals surface area contributed by atoms with Crippen LogP contribution in [-0.4, -0.2) is 71.5 Å². The van der Waals surface area contributed by atoms with Crippen molar-refractivity contribution in [3.63, 3.8) is 0 Å². The predicted octanol–water partition coefficient (Wildman–Crippen LogP) is 4.04. The first-order valence-corrected chi connectivity index (χ1v) is 14.3. The van der Waals surface area contributed by atoms with Crippen molar-refractivity contribution in [2.45, 2.75) is 104 Å². The van der Waals surface area contributed by atoms with E-state index in [9.17, 15) is 19.8 Å². The highest BCUT2D eigenvalue weighted by molar-refractivity contribution is 6.33. The fourth-order valence-corrected chi connectivity index (χ4v) is 5.86. The molecule has 2 aliphatic rings. The maximum atomic E-state index is 13.3. The van der Waals surface area contributed by atoms with Gasteiger partial charge in [-0.15, -0.1) is 0 Å². The van der Waals surface area contributed by atoms with E-state index >= 15 is 0 Å². The third-order valence-corrected chi connectivity index (χ3v) is 9.07. The molecule has 0 radical (unpaired) electrons. The molecule has 2 aromatic heterocycles. The molecule has 4 heterocycles. The Bertz CT molecular complexity index is 1310. The van der Waals surface area contributed by atoms with Crippen LogP contribution in [0, 0.1) is 17.3 Å². The van der Waals surface area contributed by atoms with E-state index in [1.165, 1.54) is 0 Å². The van der Waals surface area contributed by atoms with Gasteiger partial charge in [0.15, 0.2) is 16.6 Å². The van der Waals surface area contributed by atoms with Crippen LogP contribution in [-0.2, 0) is 26.1 Å². The Morgan fingerprint density at radius 3 is 2.60 bits per heavy atom. The van der Waals surface area contributed by atoms with Crippen molar-refractivity contribution in [1.82, 2.24) is 19.5 Å². The Morgan fingerprint density at radius 1 is 1.20 bits per heavy atom. The van der Waals surface area contributed by atoms with Crippen LogP contribution in [0.25, 0.3) is 17.2 Å². The van der Waals surface area contributed by atoms with Gasteiger partial charge in [0.25, 0.3) is 0 Å². The summed E-state index contributed by atoms with van der Waals surface area (Å²) in [5, 5.41) is 22.1. The van der Waals surface area contributed by atoms with Gasteiger partial charge >= 0.3 is 5.97 Å². The van der Waals surface area contributed by atoms with E-state index in [1.54, 1.807) is 37.7 Å². The van der Waals surface area contributed by atoms with Gasteiger partial charge in [-0.3, -0.25) is 9.59 Å². The molecule has 2 N–H and O–H groups in total. The largest absolute Gasteiger partial charge is 0.458 e. The number of hydrogen-bond acceptors (Lipinski definition) is 9. The van der Waals surface area contributed by atoms with Crippen LogP contribution in [0.1, 0.15) is 79.5 Å². The number of cyclic esters (lactones) is 1. The average Bonchev–Trinajstić information content (AvgIpc) is 3.36. The molecule has 2 fully saturated rings. The number of aliphatic hydroxyl groups excluding tert-OH is 2. The monoisotopic (exact) mass is 576 g/mol. The molecule has 2 aliphatic heterocycles. The fourth-order valence-electron chi connectivity index (χ4n) is 5.64. The van der Waals surface area contributed by atoms with Gasteiger partial charge in [0.2, 0.25) is 0 Å². The maximum absolute atomic E-state index is 13.3. The number of ether oxygens (including phenoxy) is 2. The van der Waals surface area contributed by atoms with E-state index < -0.39 is 35.6 Å². The summed E-state index contributed by atoms with van der Waals surface area (Å²) in [5.41, 5.74) is 0.149. The van der Waals surface area contributed by atoms with Crippen LogP contribution < -0.4 is 0 Å². The zero-order valence-corrected chi connectivity index (χ0v) is 25.1. The van der Waals surface area contributed by atoms with Crippen LogP contribution in [0.15, 0.2) is 11.9 Å². The average molecular weight is 577 g/mol. The Hall–Kier alpha value is -2.40. The molecule has 2 aromatic rings. The highest BCUT2D eigenvalue weighted by Gasteiger charge is 2.53. The Balaban J connectivity index is 1.62. The van der Waals surface area contributed by atoms with E-state index in [0.29, 0.717) is 29.0 Å². The van der Waals surface area contributed by atoms with Gasteiger partial charge in [-0.2, -0.15) is 0 Å². The summed E-state index contributed by atoms with van der Waals surface area (Å²) in [5.74, 6) is -1.36. The van der Waals surface area contributed by atoms with E-state index in [2.05, 4.69) is 15.0 Å². The van der Waals surface area contributed by atoms with E-state index in [-0.39, 0.29) is 35.0 Å². The number of ketones is 1. The topological polar surface area (TPSA) is 140 Å². The molecule has 0 saturated carbocycles. The van der Waals surface area contributed by atoms with Crippen LogP contribution in [0.4, 0.5) is 0 Å². The third-order valence-electron chi connectivity index (χ3n) is 8.81. The molecule has 7 atom stereocenters. The van der Waals surface area contributed by atoms with Crippen LogP contribution >= 0.6 is 11.6 Å². The molecule has 0 unspecified atom stereocenters. The van der Waals surface area contributed by atoms with Crippen LogP contribution in [0.3, 0.4) is 0 Å². The number of epoxide rings is 1. The lowest BCUT2D eigenvalue weighted by Gasteiger charge is -2.34. The van der Waals surface area contributed by atoms with Crippen molar-refractivity contribution in [3.8, 4) is 0 Å². The number of halogens is 1. The van der Waals surface area contributed by atoms with Crippen molar-refractivity contribution >= 4 is 40.6 Å². The van der Waals surface area contributed by atoms with Crippen molar-refractivity contribution in [1.29, 1.82) is 0 Å².